The summed E-state index contributed by atoms with van der Waals surface area (Å²) in [5.41, 5.74) is 1.82. The zero-order valence-electron chi connectivity index (χ0n) is 23.3. The van der Waals surface area contributed by atoms with Gasteiger partial charge in [-0.2, -0.15) is 11.8 Å². The number of ether oxygens (including phenoxy) is 2. The van der Waals surface area contributed by atoms with Gasteiger partial charge in [0.25, 0.3) is 11.4 Å². The molecule has 43 heavy (non-hydrogen) atoms. The molecule has 14 nitrogen and oxygen atoms in total. The Balaban J connectivity index is 1.31. The van der Waals surface area contributed by atoms with Gasteiger partial charge in [0, 0.05) is 41.8 Å². The molecule has 2 heterocycles. The van der Waals surface area contributed by atoms with E-state index in [1.807, 2.05) is 6.92 Å². The first-order valence-corrected chi connectivity index (χ1v) is 14.4. The minimum atomic E-state index is -0.877. The van der Waals surface area contributed by atoms with Crippen LogP contribution in [0.2, 0.25) is 0 Å². The van der Waals surface area contributed by atoms with E-state index >= 15 is 0 Å². The number of hydrogen-bond donors (Lipinski definition) is 2. The highest BCUT2D eigenvalue weighted by Crippen LogP contribution is 2.45. The lowest BCUT2D eigenvalue weighted by molar-refractivity contribution is -0.385. The monoisotopic (exact) mass is 614 g/mol. The number of rotatable bonds is 13. The molecule has 2 amide bonds. The van der Waals surface area contributed by atoms with Gasteiger partial charge in [0.1, 0.15) is 18.9 Å². The Morgan fingerprint density at radius 3 is 2.05 bits per heavy atom. The Bertz CT molecular complexity index is 1430. The molecule has 4 atom stereocenters. The molecule has 1 fully saturated rings. The van der Waals surface area contributed by atoms with Gasteiger partial charge < -0.3 is 24.8 Å². The second-order valence-corrected chi connectivity index (χ2v) is 11.6. The first-order valence-electron chi connectivity index (χ1n) is 13.4. The van der Waals surface area contributed by atoms with Crippen molar-refractivity contribution in [2.45, 2.75) is 50.9 Å². The summed E-state index contributed by atoms with van der Waals surface area (Å²) in [6.45, 7) is 3.46. The third kappa shape index (κ3) is 7.48. The second-order valence-electron chi connectivity index (χ2n) is 10.2. The number of aliphatic hydroxyl groups is 1. The number of fused-ring (bicyclic) bond motifs is 1. The maximum absolute atomic E-state index is 13.2. The largest absolute Gasteiger partial charge is 0.456 e. The van der Waals surface area contributed by atoms with Crippen molar-refractivity contribution in [1.82, 2.24) is 10.2 Å². The number of nitro benzene ring substituents is 2. The summed E-state index contributed by atoms with van der Waals surface area (Å²) in [7, 11) is 0. The molecule has 0 radical (unpaired) electrons. The van der Waals surface area contributed by atoms with E-state index < -0.39 is 33.9 Å². The van der Waals surface area contributed by atoms with Gasteiger partial charge >= 0.3 is 12.1 Å². The van der Waals surface area contributed by atoms with E-state index in [4.69, 9.17) is 9.47 Å². The van der Waals surface area contributed by atoms with Crippen LogP contribution >= 0.6 is 11.8 Å². The van der Waals surface area contributed by atoms with Crippen LogP contribution in [0.1, 0.15) is 31.4 Å². The number of benzene rings is 2. The minimum absolute atomic E-state index is 0.0563. The van der Waals surface area contributed by atoms with Crippen LogP contribution in [0.5, 0.6) is 0 Å². The predicted molar refractivity (Wildman–Crippen MR) is 154 cm³/mol. The number of alkyl carbamates (subject to hydrolysis) is 1. The van der Waals surface area contributed by atoms with Gasteiger partial charge in [0.15, 0.2) is 0 Å². The summed E-state index contributed by atoms with van der Waals surface area (Å²) in [5.74, 6) is -1.30. The van der Waals surface area contributed by atoms with Crippen molar-refractivity contribution in [3.8, 4) is 0 Å². The van der Waals surface area contributed by atoms with E-state index in [1.165, 1.54) is 72.1 Å². The topological polar surface area (TPSA) is 191 Å². The molecule has 2 N–H and O–H groups in total. The maximum atomic E-state index is 13.2. The quantitative estimate of drug-likeness (QED) is 0.145. The Morgan fingerprint density at radius 2 is 1.53 bits per heavy atom. The highest BCUT2D eigenvalue weighted by atomic mass is 32.2. The summed E-state index contributed by atoms with van der Waals surface area (Å²) in [5, 5.41) is 34.3. The third-order valence-corrected chi connectivity index (χ3v) is 8.37. The van der Waals surface area contributed by atoms with Crippen LogP contribution in [-0.4, -0.2) is 67.5 Å². The summed E-state index contributed by atoms with van der Waals surface area (Å²) < 4.78 is 10.6. The van der Waals surface area contributed by atoms with Crippen molar-refractivity contribution >= 4 is 41.1 Å². The van der Waals surface area contributed by atoms with Gasteiger partial charge in [-0.1, -0.05) is 6.92 Å². The van der Waals surface area contributed by atoms with Gasteiger partial charge in [-0.05, 0) is 54.3 Å². The number of carbonyl (C=O) groups excluding carboxylic acids is 3. The molecule has 228 valence electrons. The predicted octanol–water partition coefficient (Wildman–Crippen LogP) is 3.46. The number of nitro groups is 2. The van der Waals surface area contributed by atoms with Gasteiger partial charge in [-0.15, -0.1) is 0 Å². The summed E-state index contributed by atoms with van der Waals surface area (Å²) in [6, 6.07) is 10.9. The maximum Gasteiger partial charge on any atom is 0.407 e. The van der Waals surface area contributed by atoms with Crippen LogP contribution in [0.3, 0.4) is 0 Å². The van der Waals surface area contributed by atoms with Crippen LogP contribution in [0.4, 0.5) is 16.2 Å². The molecule has 0 unspecified atom stereocenters. The number of nitrogens with one attached hydrogen (secondary N) is 1. The molecule has 2 aliphatic heterocycles. The molecular weight excluding hydrogens is 584 g/mol. The van der Waals surface area contributed by atoms with Crippen molar-refractivity contribution in [1.29, 1.82) is 0 Å². The highest BCUT2D eigenvalue weighted by molar-refractivity contribution is 8.00. The number of carbonyl (C=O) groups is 3. The Morgan fingerprint density at radius 1 is 1.00 bits per heavy atom. The Hall–Kier alpha value is -4.50. The third-order valence-electron chi connectivity index (χ3n) is 7.12. The number of thioether (sulfide) groups is 1. The van der Waals surface area contributed by atoms with E-state index in [9.17, 15) is 39.7 Å². The highest BCUT2D eigenvalue weighted by Gasteiger charge is 2.56. The lowest BCUT2D eigenvalue weighted by Crippen LogP contribution is -2.61. The van der Waals surface area contributed by atoms with Crippen LogP contribution in [0, 0.1) is 26.1 Å². The summed E-state index contributed by atoms with van der Waals surface area (Å²) in [4.78, 5) is 60.1. The summed E-state index contributed by atoms with van der Waals surface area (Å²) in [6.07, 6.45) is -1.14. The fourth-order valence-corrected chi connectivity index (χ4v) is 5.79. The second kappa shape index (κ2) is 13.6. The molecule has 15 heteroatoms. The smallest absolute Gasteiger partial charge is 0.407 e. The lowest BCUT2D eigenvalue weighted by atomic mass is 9.83. The lowest BCUT2D eigenvalue weighted by Gasteiger charge is -2.44. The van der Waals surface area contributed by atoms with Crippen molar-refractivity contribution < 1.29 is 38.8 Å². The molecular formula is C28H30N4O10S. The van der Waals surface area contributed by atoms with Gasteiger partial charge in [0.2, 0.25) is 5.91 Å². The number of β-lactam (4-membered cyclic amide) rings is 1. The van der Waals surface area contributed by atoms with E-state index in [0.29, 0.717) is 28.9 Å². The van der Waals surface area contributed by atoms with Crippen molar-refractivity contribution in [3.05, 3.63) is 91.2 Å². The molecule has 1 saturated heterocycles. The van der Waals surface area contributed by atoms with Gasteiger partial charge in [0.05, 0.1) is 27.9 Å². The molecule has 4 rings (SSSR count). The average molecular weight is 615 g/mol. The normalized spacial score (nSPS) is 18.8. The zero-order chi connectivity index (χ0) is 31.3. The Kier molecular flexibility index (Phi) is 9.98. The Labute approximate surface area is 250 Å². The number of non-ortho nitro benzene ring substituents is 2. The number of esters is 1. The fourth-order valence-electron chi connectivity index (χ4n) is 4.85. The molecule has 2 aliphatic rings. The van der Waals surface area contributed by atoms with Gasteiger partial charge in [-0.25, -0.2) is 9.59 Å². The van der Waals surface area contributed by atoms with E-state index in [-0.39, 0.29) is 54.0 Å². The molecule has 0 bridgehead atoms. The van der Waals surface area contributed by atoms with Crippen LogP contribution in [0.25, 0.3) is 0 Å². The molecule has 2 aromatic rings. The van der Waals surface area contributed by atoms with E-state index in [0.717, 1.165) is 0 Å². The average Bonchev–Trinajstić information content (AvgIpc) is 3.30. The van der Waals surface area contributed by atoms with Crippen LogP contribution in [0.15, 0.2) is 59.8 Å². The molecule has 0 aliphatic carbocycles. The van der Waals surface area contributed by atoms with Crippen LogP contribution in [-0.2, 0) is 32.3 Å². The SMILES string of the molecule is C[C@H](CNC(=O)OCc1ccc([N+](=O)[O-])cc1)SCC1=C(C(=O)OCc2ccc([N+](=O)[O-])cc2)N2C(=O)[C@H]([C@@H](C)O)[C@H]2C1. The number of hydrogen-bond acceptors (Lipinski definition) is 11. The summed E-state index contributed by atoms with van der Waals surface area (Å²) >= 11 is 1.45. The standard InChI is InChI=1S/C28H30N4O10S/c1-16(12-29-28(36)42-14-19-5-9-22(10-6-19)32(39)40)43-15-20-11-23-24(17(2)33)26(34)30(23)25(20)27(35)41-13-18-3-7-21(8-4-18)31(37)38/h3-10,16-17,23-24,33H,11-15H2,1-2H3,(H,29,36)/t16-,17-,23-,24-/m1/s1. The number of amides is 2. The van der Waals surface area contributed by atoms with E-state index in [1.54, 1.807) is 0 Å². The van der Waals surface area contributed by atoms with E-state index in [2.05, 4.69) is 5.32 Å². The molecule has 2 aromatic carbocycles. The minimum Gasteiger partial charge on any atom is -0.456 e. The van der Waals surface area contributed by atoms with Crippen molar-refractivity contribution in [2.24, 2.45) is 5.92 Å². The van der Waals surface area contributed by atoms with Crippen molar-refractivity contribution in [3.63, 3.8) is 0 Å². The van der Waals surface area contributed by atoms with Crippen molar-refractivity contribution in [2.75, 3.05) is 12.3 Å². The molecule has 0 saturated carbocycles. The molecule has 0 aromatic heterocycles. The number of aliphatic hydroxyl groups excluding tert-OH is 1. The fraction of sp³-hybridized carbons (Fsp3) is 0.393. The number of nitrogens with zero attached hydrogens (tertiary/aromatic N) is 3. The van der Waals surface area contributed by atoms with Crippen LogP contribution < -0.4 is 5.32 Å². The van der Waals surface area contributed by atoms with Gasteiger partial charge in [-0.3, -0.25) is 25.0 Å². The first-order chi connectivity index (χ1) is 20.5. The first kappa shape index (κ1) is 31.4. The molecule has 0 spiro atoms. The zero-order valence-corrected chi connectivity index (χ0v) is 24.2.